The van der Waals surface area contributed by atoms with Gasteiger partial charge in [0.15, 0.2) is 17.5 Å². The number of nitrogens with zero attached hydrogens (tertiary/aromatic N) is 3. The van der Waals surface area contributed by atoms with Gasteiger partial charge in [0.25, 0.3) is 0 Å². The van der Waals surface area contributed by atoms with Gasteiger partial charge in [0, 0.05) is 33.0 Å². The number of furan rings is 1. The smallest absolute Gasteiger partial charge is 0.164 e. The van der Waals surface area contributed by atoms with Gasteiger partial charge in [-0.15, -0.1) is 0 Å². The van der Waals surface area contributed by atoms with E-state index in [1.54, 1.807) is 0 Å². The van der Waals surface area contributed by atoms with Crippen molar-refractivity contribution >= 4 is 21.9 Å². The Kier molecular flexibility index (Phi) is 6.85. The first-order valence-corrected chi connectivity index (χ1v) is 18.0. The van der Waals surface area contributed by atoms with Crippen LogP contribution in [0.5, 0.6) is 0 Å². The molecule has 2 aromatic heterocycles. The average Bonchev–Trinajstić information content (AvgIpc) is 3.70. The molecule has 4 nitrogen and oxygen atoms in total. The third kappa shape index (κ3) is 6.06. The van der Waals surface area contributed by atoms with Crippen molar-refractivity contribution in [3.05, 3.63) is 200 Å². The van der Waals surface area contributed by atoms with Crippen LogP contribution in [-0.4, -0.2) is 15.0 Å². The fraction of sp³-hybridized carbons (Fsp3) is 0. The number of hydrogen-bond acceptors (Lipinski definition) is 4. The number of benzene rings is 8. The van der Waals surface area contributed by atoms with E-state index in [1.165, 1.54) is 0 Å². The molecule has 0 N–H and O–H groups in total. The highest BCUT2D eigenvalue weighted by atomic mass is 16.3. The van der Waals surface area contributed by atoms with Gasteiger partial charge in [-0.2, -0.15) is 0 Å². The van der Waals surface area contributed by atoms with Crippen molar-refractivity contribution in [1.29, 1.82) is 0 Å². The van der Waals surface area contributed by atoms with Crippen molar-refractivity contribution in [3.8, 4) is 78.7 Å². The number of fused-ring (bicyclic) bond motifs is 3. The number of rotatable bonds is 7. The molecule has 0 spiro atoms. The van der Waals surface area contributed by atoms with Crippen LogP contribution in [-0.2, 0) is 0 Å². The molecule has 0 atom stereocenters. The van der Waals surface area contributed by atoms with Gasteiger partial charge in [-0.25, -0.2) is 15.0 Å². The van der Waals surface area contributed by atoms with E-state index < -0.39 is 30.2 Å². The van der Waals surface area contributed by atoms with Crippen molar-refractivity contribution in [3.63, 3.8) is 0 Å². The summed E-state index contributed by atoms with van der Waals surface area (Å²) in [4.78, 5) is 14.6. The lowest BCUT2D eigenvalue weighted by molar-refractivity contribution is 0.670. The molecule has 0 unspecified atom stereocenters. The van der Waals surface area contributed by atoms with Crippen LogP contribution < -0.4 is 0 Å². The third-order valence-electron chi connectivity index (χ3n) is 9.87. The highest BCUT2D eigenvalue weighted by molar-refractivity contribution is 6.15. The van der Waals surface area contributed by atoms with Crippen molar-refractivity contribution in [2.24, 2.45) is 0 Å². The van der Waals surface area contributed by atoms with Gasteiger partial charge >= 0.3 is 0 Å². The van der Waals surface area contributed by atoms with Gasteiger partial charge in [-0.1, -0.05) is 188 Å². The minimum atomic E-state index is -0.490. The summed E-state index contributed by atoms with van der Waals surface area (Å²) in [6.07, 6.45) is 0. The van der Waals surface area contributed by atoms with Crippen LogP contribution in [0.2, 0.25) is 0 Å². The van der Waals surface area contributed by atoms with Crippen molar-refractivity contribution < 1.29 is 11.3 Å². The minimum absolute atomic E-state index is 0.0309. The van der Waals surface area contributed by atoms with E-state index in [2.05, 4.69) is 60.7 Å². The summed E-state index contributed by atoms with van der Waals surface area (Å²) < 4.78 is 49.4. The Hall–Kier alpha value is -7.43. The van der Waals surface area contributed by atoms with E-state index in [0.717, 1.165) is 55.3 Å². The molecule has 8 aromatic carbocycles. The topological polar surface area (TPSA) is 51.8 Å². The van der Waals surface area contributed by atoms with E-state index >= 15 is 0 Å². The molecule has 0 radical (unpaired) electrons. The second-order valence-electron chi connectivity index (χ2n) is 13.2. The van der Waals surface area contributed by atoms with Crippen molar-refractivity contribution in [1.82, 2.24) is 15.0 Å². The van der Waals surface area contributed by atoms with Crippen LogP contribution >= 0.6 is 0 Å². The molecule has 0 aliphatic heterocycles. The zero-order chi connectivity index (χ0) is 40.9. The van der Waals surface area contributed by atoms with E-state index in [4.69, 9.17) is 26.2 Å². The monoisotopic (exact) mass is 708 g/mol. The summed E-state index contributed by atoms with van der Waals surface area (Å²) in [5.41, 5.74) is 11.0. The summed E-state index contributed by atoms with van der Waals surface area (Å²) in [7, 11) is 0. The van der Waals surface area contributed by atoms with Gasteiger partial charge < -0.3 is 4.42 Å². The highest BCUT2D eigenvalue weighted by Crippen LogP contribution is 2.42. The number of para-hydroxylation sites is 1. The molecule has 0 amide bonds. The molecule has 0 saturated carbocycles. The maximum absolute atomic E-state index is 8.81. The maximum atomic E-state index is 8.81. The largest absolute Gasteiger partial charge is 0.455 e. The van der Waals surface area contributed by atoms with Crippen molar-refractivity contribution in [2.75, 3.05) is 0 Å². The minimum Gasteiger partial charge on any atom is -0.455 e. The van der Waals surface area contributed by atoms with Crippen LogP contribution in [0.4, 0.5) is 0 Å². The van der Waals surface area contributed by atoms with Gasteiger partial charge in [0.2, 0.25) is 0 Å². The average molecular weight is 709 g/mol. The van der Waals surface area contributed by atoms with Gasteiger partial charge in [-0.05, 0) is 51.1 Å². The fourth-order valence-corrected chi connectivity index (χ4v) is 7.24. The SMILES string of the molecule is [2H]c1c([2H])c([2H])c(-c2nc(-c3ccc(-c4ccccc4)cc3)nc(-c3cccc4oc5c(-c6ccc(-c7ccccc7)c(-c7ccccc7)c6)cccc5c34)n2)c([2H])c1[2H]. The molecule has 2 heterocycles. The quantitative estimate of drug-likeness (QED) is 0.165. The zero-order valence-corrected chi connectivity index (χ0v) is 29.4. The molecule has 10 rings (SSSR count). The molecular weight excluding hydrogens is 671 g/mol. The van der Waals surface area contributed by atoms with Crippen molar-refractivity contribution in [2.45, 2.75) is 0 Å². The first-order chi connectivity index (χ1) is 29.3. The Labute approximate surface area is 326 Å². The lowest BCUT2D eigenvalue weighted by Gasteiger charge is -2.13. The van der Waals surface area contributed by atoms with Crippen LogP contribution in [0, 0.1) is 0 Å². The molecule has 0 aliphatic carbocycles. The zero-order valence-electron chi connectivity index (χ0n) is 34.4. The summed E-state index contributed by atoms with van der Waals surface area (Å²) in [5.74, 6) is 0.529. The van der Waals surface area contributed by atoms with E-state index in [-0.39, 0.29) is 17.2 Å². The van der Waals surface area contributed by atoms with Crippen LogP contribution in [0.1, 0.15) is 6.85 Å². The Bertz CT molecular complexity index is 3220. The predicted molar refractivity (Wildman–Crippen MR) is 225 cm³/mol. The van der Waals surface area contributed by atoms with Gasteiger partial charge in [0.1, 0.15) is 11.2 Å². The predicted octanol–water partition coefficient (Wildman–Crippen LogP) is 13.4. The van der Waals surface area contributed by atoms with Crippen LogP contribution in [0.25, 0.3) is 101 Å². The molecule has 55 heavy (non-hydrogen) atoms. The van der Waals surface area contributed by atoms with E-state index in [9.17, 15) is 0 Å². The Morgan fingerprint density at radius 3 is 1.62 bits per heavy atom. The number of aromatic nitrogens is 3. The summed E-state index contributed by atoms with van der Waals surface area (Å²) >= 11 is 0. The standard InChI is InChI=1S/C51H33N3O/c1-5-15-34(16-6-1)35-27-29-39(30-28-35)50-52-49(38-21-11-4-12-22-38)53-51(54-50)44-25-14-26-46-47(44)43-24-13-23-42(48(43)55-46)40-31-32-41(36-17-7-2-8-18-36)45(33-40)37-19-9-3-10-20-37/h1-33H/i4D,11D,12D,21D,22D. The molecule has 0 bridgehead atoms. The molecule has 0 saturated heterocycles. The molecule has 0 aliphatic rings. The summed E-state index contributed by atoms with van der Waals surface area (Å²) in [5, 5.41) is 1.63. The first-order valence-electron chi connectivity index (χ1n) is 20.5. The highest BCUT2D eigenvalue weighted by Gasteiger charge is 2.20. The van der Waals surface area contributed by atoms with Crippen LogP contribution in [0.15, 0.2) is 204 Å². The molecule has 258 valence electrons. The lowest BCUT2D eigenvalue weighted by Crippen LogP contribution is -2.00. The molecular formula is C51H33N3O. The van der Waals surface area contributed by atoms with Gasteiger partial charge in [0.05, 0.1) is 6.85 Å². The van der Waals surface area contributed by atoms with E-state index in [0.29, 0.717) is 28.1 Å². The first kappa shape index (κ1) is 27.2. The normalized spacial score (nSPS) is 12.5. The molecule has 0 fully saturated rings. The maximum Gasteiger partial charge on any atom is 0.164 e. The molecule has 10 aromatic rings. The Morgan fingerprint density at radius 2 is 0.909 bits per heavy atom. The van der Waals surface area contributed by atoms with Crippen LogP contribution in [0.3, 0.4) is 0 Å². The summed E-state index contributed by atoms with van der Waals surface area (Å²) in [6, 6.07) is 54.7. The summed E-state index contributed by atoms with van der Waals surface area (Å²) in [6.45, 7) is 0. The Morgan fingerprint density at radius 1 is 0.364 bits per heavy atom. The Balaban J connectivity index is 1.17. The van der Waals surface area contributed by atoms with Gasteiger partial charge in [-0.3, -0.25) is 0 Å². The second kappa shape index (κ2) is 13.8. The third-order valence-corrected chi connectivity index (χ3v) is 9.87. The second-order valence-corrected chi connectivity index (χ2v) is 13.2. The lowest BCUT2D eigenvalue weighted by atomic mass is 9.90. The number of hydrogen-bond donors (Lipinski definition) is 0. The fourth-order valence-electron chi connectivity index (χ4n) is 7.24. The molecule has 4 heteroatoms. The van der Waals surface area contributed by atoms with E-state index in [1.807, 2.05) is 109 Å².